The van der Waals surface area contributed by atoms with Gasteiger partial charge in [0.2, 0.25) is 0 Å². The van der Waals surface area contributed by atoms with E-state index in [0.717, 1.165) is 19.3 Å². The Morgan fingerprint density at radius 2 is 0.816 bits per heavy atom. The van der Waals surface area contributed by atoms with Crippen LogP contribution in [0, 0.1) is 0 Å². The van der Waals surface area contributed by atoms with E-state index in [1.807, 2.05) is 12.2 Å². The summed E-state index contributed by atoms with van der Waals surface area (Å²) in [6.45, 7) is 5.10. The standard InChI is InChI=1S/C36H66O2/c1-3-5-7-9-11-13-15-17-19-20-21-22-24-26-28-30-32-34-36(37)38-35-33-31-29-27-25-23-18-16-14-12-10-8-6-4-2/h14,16,28,30,32,34H,3-13,15,17-27,29,31,33,35H2,1-2H3/b16-14-,30-28?,34-32?. The maximum Gasteiger partial charge on any atom is 0.330 e. The van der Waals surface area contributed by atoms with Gasteiger partial charge >= 0.3 is 5.97 Å². The molecule has 0 aliphatic carbocycles. The van der Waals surface area contributed by atoms with E-state index in [-0.39, 0.29) is 5.97 Å². The van der Waals surface area contributed by atoms with Crippen LogP contribution < -0.4 is 0 Å². The van der Waals surface area contributed by atoms with Crippen molar-refractivity contribution < 1.29 is 9.53 Å². The lowest BCUT2D eigenvalue weighted by molar-refractivity contribution is -0.137. The summed E-state index contributed by atoms with van der Waals surface area (Å²) in [6, 6.07) is 0. The molecule has 0 radical (unpaired) electrons. The van der Waals surface area contributed by atoms with Gasteiger partial charge in [0.25, 0.3) is 0 Å². The molecule has 0 spiro atoms. The van der Waals surface area contributed by atoms with Crippen molar-refractivity contribution in [3.63, 3.8) is 0 Å². The highest BCUT2D eigenvalue weighted by Gasteiger charge is 1.97. The fourth-order valence-electron chi connectivity index (χ4n) is 4.81. The Morgan fingerprint density at radius 1 is 0.447 bits per heavy atom. The van der Waals surface area contributed by atoms with Crippen LogP contribution in [0.5, 0.6) is 0 Å². The third kappa shape index (κ3) is 32.7. The average Bonchev–Trinajstić information content (AvgIpc) is 2.92. The number of carbonyl (C=O) groups is 1. The van der Waals surface area contributed by atoms with E-state index < -0.39 is 0 Å². The quantitative estimate of drug-likeness (QED) is 0.0303. The lowest BCUT2D eigenvalue weighted by Crippen LogP contribution is -2.02. The fraction of sp³-hybridized carbons (Fsp3) is 0.806. The van der Waals surface area contributed by atoms with Crippen LogP contribution in [-0.4, -0.2) is 12.6 Å². The first kappa shape index (κ1) is 36.7. The molecule has 0 fully saturated rings. The van der Waals surface area contributed by atoms with Crippen LogP contribution in [0.25, 0.3) is 0 Å². The molecule has 0 heterocycles. The number of rotatable bonds is 30. The molecule has 0 N–H and O–H groups in total. The zero-order chi connectivity index (χ0) is 27.6. The van der Waals surface area contributed by atoms with Crippen LogP contribution in [0.4, 0.5) is 0 Å². The summed E-state index contributed by atoms with van der Waals surface area (Å²) in [7, 11) is 0. The summed E-state index contributed by atoms with van der Waals surface area (Å²) >= 11 is 0. The van der Waals surface area contributed by atoms with Gasteiger partial charge in [-0.15, -0.1) is 0 Å². The average molecular weight is 531 g/mol. The van der Waals surface area contributed by atoms with Crippen molar-refractivity contribution >= 4 is 5.97 Å². The largest absolute Gasteiger partial charge is 0.463 e. The van der Waals surface area contributed by atoms with Crippen molar-refractivity contribution in [2.24, 2.45) is 0 Å². The van der Waals surface area contributed by atoms with Crippen LogP contribution in [0.1, 0.15) is 181 Å². The number of ether oxygens (including phenoxy) is 1. The number of esters is 1. The SMILES string of the molecule is CCCCCC/C=C\CCCCCCCCOC(=O)C=CC=CCCCCCCCCCCCCCCC. The first-order chi connectivity index (χ1) is 18.8. The van der Waals surface area contributed by atoms with Crippen LogP contribution in [0.3, 0.4) is 0 Å². The Morgan fingerprint density at radius 3 is 1.29 bits per heavy atom. The van der Waals surface area contributed by atoms with Crippen molar-refractivity contribution in [3.8, 4) is 0 Å². The molecule has 38 heavy (non-hydrogen) atoms. The first-order valence-electron chi connectivity index (χ1n) is 17.0. The van der Waals surface area contributed by atoms with Crippen LogP contribution in [-0.2, 0) is 9.53 Å². The minimum absolute atomic E-state index is 0.211. The normalized spacial score (nSPS) is 11.9. The third-order valence-corrected chi connectivity index (χ3v) is 7.35. The molecule has 0 bridgehead atoms. The second-order valence-electron chi connectivity index (χ2n) is 11.2. The summed E-state index contributed by atoms with van der Waals surface area (Å²) in [5.41, 5.74) is 0. The minimum Gasteiger partial charge on any atom is -0.463 e. The van der Waals surface area contributed by atoms with Gasteiger partial charge in [0.05, 0.1) is 6.61 Å². The van der Waals surface area contributed by atoms with E-state index >= 15 is 0 Å². The van der Waals surface area contributed by atoms with Crippen LogP contribution in [0.15, 0.2) is 36.5 Å². The second-order valence-corrected chi connectivity index (χ2v) is 11.2. The molecule has 0 aliphatic heterocycles. The molecule has 2 heteroatoms. The van der Waals surface area contributed by atoms with Gasteiger partial charge in [0.1, 0.15) is 0 Å². The zero-order valence-corrected chi connectivity index (χ0v) is 25.9. The molecule has 0 aromatic rings. The molecule has 0 atom stereocenters. The molecule has 2 nitrogen and oxygen atoms in total. The Kier molecular flexibility index (Phi) is 32.6. The number of unbranched alkanes of at least 4 members (excludes halogenated alkanes) is 23. The van der Waals surface area contributed by atoms with E-state index in [2.05, 4.69) is 32.1 Å². The van der Waals surface area contributed by atoms with E-state index in [0.29, 0.717) is 6.61 Å². The number of allylic oxidation sites excluding steroid dienone is 5. The van der Waals surface area contributed by atoms with Gasteiger partial charge in [-0.1, -0.05) is 166 Å². The lowest BCUT2D eigenvalue weighted by atomic mass is 10.0. The van der Waals surface area contributed by atoms with Gasteiger partial charge in [-0.3, -0.25) is 0 Å². The van der Waals surface area contributed by atoms with Crippen molar-refractivity contribution in [2.75, 3.05) is 6.61 Å². The summed E-state index contributed by atoms with van der Waals surface area (Å²) < 4.78 is 5.31. The Bertz CT molecular complexity index is 546. The van der Waals surface area contributed by atoms with Crippen LogP contribution in [0.2, 0.25) is 0 Å². The van der Waals surface area contributed by atoms with Gasteiger partial charge in [0, 0.05) is 6.08 Å². The Balaban J connectivity index is 3.32. The molecule has 0 rings (SSSR count). The summed E-state index contributed by atoms with van der Waals surface area (Å²) in [6.07, 6.45) is 46.7. The van der Waals surface area contributed by atoms with E-state index in [1.54, 1.807) is 6.08 Å². The number of carbonyl (C=O) groups excluding carboxylic acids is 1. The molecule has 0 saturated carbocycles. The van der Waals surface area contributed by atoms with Gasteiger partial charge in [-0.2, -0.15) is 0 Å². The van der Waals surface area contributed by atoms with Gasteiger partial charge < -0.3 is 4.74 Å². The van der Waals surface area contributed by atoms with Gasteiger partial charge in [-0.25, -0.2) is 4.79 Å². The topological polar surface area (TPSA) is 26.3 Å². The third-order valence-electron chi connectivity index (χ3n) is 7.35. The fourth-order valence-corrected chi connectivity index (χ4v) is 4.81. The number of hydrogen-bond acceptors (Lipinski definition) is 2. The highest BCUT2D eigenvalue weighted by molar-refractivity contribution is 5.82. The Labute approximate surface area is 239 Å². The van der Waals surface area contributed by atoms with E-state index in [4.69, 9.17) is 4.74 Å². The number of hydrogen-bond donors (Lipinski definition) is 0. The first-order valence-corrected chi connectivity index (χ1v) is 17.0. The minimum atomic E-state index is -0.211. The monoisotopic (exact) mass is 531 g/mol. The molecular formula is C36H66O2. The molecule has 0 saturated heterocycles. The highest BCUT2D eigenvalue weighted by Crippen LogP contribution is 2.13. The van der Waals surface area contributed by atoms with Crippen molar-refractivity contribution in [3.05, 3.63) is 36.5 Å². The summed E-state index contributed by atoms with van der Waals surface area (Å²) in [4.78, 5) is 11.8. The van der Waals surface area contributed by atoms with Gasteiger partial charge in [0.15, 0.2) is 0 Å². The smallest absolute Gasteiger partial charge is 0.330 e. The highest BCUT2D eigenvalue weighted by atomic mass is 16.5. The summed E-state index contributed by atoms with van der Waals surface area (Å²) in [5.74, 6) is -0.211. The molecule has 222 valence electrons. The summed E-state index contributed by atoms with van der Waals surface area (Å²) in [5, 5.41) is 0. The molecule has 0 aromatic heterocycles. The maximum atomic E-state index is 11.8. The molecule has 0 aromatic carbocycles. The maximum absolute atomic E-state index is 11.8. The zero-order valence-electron chi connectivity index (χ0n) is 25.9. The predicted molar refractivity (Wildman–Crippen MR) is 170 cm³/mol. The molecule has 0 aliphatic rings. The van der Waals surface area contributed by atoms with Crippen molar-refractivity contribution in [2.45, 2.75) is 181 Å². The Hall–Kier alpha value is -1.31. The van der Waals surface area contributed by atoms with Gasteiger partial charge in [-0.05, 0) is 44.9 Å². The van der Waals surface area contributed by atoms with E-state index in [9.17, 15) is 4.79 Å². The second kappa shape index (κ2) is 33.7. The molecular weight excluding hydrogens is 464 g/mol. The predicted octanol–water partition coefficient (Wildman–Crippen LogP) is 12.4. The van der Waals surface area contributed by atoms with Crippen LogP contribution >= 0.6 is 0 Å². The van der Waals surface area contributed by atoms with E-state index in [1.165, 1.54) is 148 Å². The lowest BCUT2D eigenvalue weighted by Gasteiger charge is -2.02. The van der Waals surface area contributed by atoms with Crippen molar-refractivity contribution in [1.29, 1.82) is 0 Å². The van der Waals surface area contributed by atoms with Crippen molar-refractivity contribution in [1.82, 2.24) is 0 Å². The molecule has 0 amide bonds. The molecule has 0 unspecified atom stereocenters.